The van der Waals surface area contributed by atoms with E-state index in [2.05, 4.69) is 19.9 Å². The van der Waals surface area contributed by atoms with Gasteiger partial charge >= 0.3 is 5.97 Å². The van der Waals surface area contributed by atoms with Crippen LogP contribution in [0.25, 0.3) is 0 Å². The third kappa shape index (κ3) is 3.00. The molecule has 0 saturated carbocycles. The number of ether oxygens (including phenoxy) is 1. The first-order valence-corrected chi connectivity index (χ1v) is 6.38. The fourth-order valence-electron chi connectivity index (χ4n) is 2.26. The van der Waals surface area contributed by atoms with E-state index in [1.807, 2.05) is 0 Å². The molecule has 6 heteroatoms. The number of guanidine groups is 1. The number of piperidine rings is 1. The van der Waals surface area contributed by atoms with E-state index in [1.54, 1.807) is 0 Å². The molecule has 1 atom stereocenters. The molecule has 100 valence electrons. The first kappa shape index (κ1) is 12.9. The van der Waals surface area contributed by atoms with Crippen molar-refractivity contribution in [1.82, 2.24) is 10.2 Å². The maximum absolute atomic E-state index is 11.9. The van der Waals surface area contributed by atoms with Gasteiger partial charge in [-0.1, -0.05) is 0 Å². The molecular weight excluding hydrogens is 234 g/mol. The Hall–Kier alpha value is -1.59. The van der Waals surface area contributed by atoms with Crippen LogP contribution in [0.1, 0.15) is 25.7 Å². The summed E-state index contributed by atoms with van der Waals surface area (Å²) in [6, 6.07) is 0. The van der Waals surface area contributed by atoms with Gasteiger partial charge in [-0.25, -0.2) is 0 Å². The smallest absolute Gasteiger partial charge is 0.306 e. The van der Waals surface area contributed by atoms with E-state index in [9.17, 15) is 9.59 Å². The number of amides is 1. The molecule has 1 amide bonds. The van der Waals surface area contributed by atoms with Crippen molar-refractivity contribution in [3.8, 4) is 0 Å². The topological polar surface area (TPSA) is 71.0 Å². The number of methoxy groups -OCH3 is 1. The molecular formula is C12H19N3O3. The van der Waals surface area contributed by atoms with Crippen molar-refractivity contribution in [3.63, 3.8) is 0 Å². The Morgan fingerprint density at radius 2 is 2.17 bits per heavy atom. The second-order valence-corrected chi connectivity index (χ2v) is 4.68. The summed E-state index contributed by atoms with van der Waals surface area (Å²) in [6.07, 6.45) is 3.61. The maximum atomic E-state index is 11.9. The minimum absolute atomic E-state index is 0.0963. The van der Waals surface area contributed by atoms with E-state index in [0.717, 1.165) is 25.9 Å². The van der Waals surface area contributed by atoms with E-state index in [-0.39, 0.29) is 18.3 Å². The van der Waals surface area contributed by atoms with Gasteiger partial charge in [-0.05, 0) is 19.3 Å². The molecule has 2 heterocycles. The highest BCUT2D eigenvalue weighted by Gasteiger charge is 2.29. The average molecular weight is 253 g/mol. The highest BCUT2D eigenvalue weighted by molar-refractivity contribution is 6.00. The Bertz CT molecular complexity index is 362. The number of carbonyl (C=O) groups excluding carboxylic acids is 2. The summed E-state index contributed by atoms with van der Waals surface area (Å²) in [6.45, 7) is 2.26. The van der Waals surface area contributed by atoms with Crippen molar-refractivity contribution >= 4 is 17.8 Å². The molecule has 1 saturated heterocycles. The Balaban J connectivity index is 1.93. The number of esters is 1. The van der Waals surface area contributed by atoms with Gasteiger partial charge in [0.05, 0.1) is 26.0 Å². The van der Waals surface area contributed by atoms with Gasteiger partial charge < -0.3 is 9.64 Å². The summed E-state index contributed by atoms with van der Waals surface area (Å²) in [5.41, 5.74) is 0. The van der Waals surface area contributed by atoms with Gasteiger partial charge in [-0.3, -0.25) is 19.9 Å². The van der Waals surface area contributed by atoms with Gasteiger partial charge in [0.1, 0.15) is 0 Å². The quantitative estimate of drug-likeness (QED) is 0.710. The van der Waals surface area contributed by atoms with Crippen LogP contribution < -0.4 is 5.32 Å². The van der Waals surface area contributed by atoms with Crippen molar-refractivity contribution in [2.24, 2.45) is 10.9 Å². The minimum atomic E-state index is -0.397. The molecule has 1 fully saturated rings. The lowest BCUT2D eigenvalue weighted by atomic mass is 10.0. The third-order valence-electron chi connectivity index (χ3n) is 3.36. The second-order valence-electron chi connectivity index (χ2n) is 4.68. The number of likely N-dealkylation sites (tertiary alicyclic amines) is 1. The number of nitrogens with one attached hydrogen (secondary N) is 1. The zero-order valence-corrected chi connectivity index (χ0v) is 10.6. The lowest BCUT2D eigenvalue weighted by molar-refractivity contribution is -0.144. The van der Waals surface area contributed by atoms with Gasteiger partial charge in [0, 0.05) is 13.1 Å². The molecule has 1 N–H and O–H groups in total. The van der Waals surface area contributed by atoms with Gasteiger partial charge in [0.25, 0.3) is 0 Å². The summed E-state index contributed by atoms with van der Waals surface area (Å²) in [5.74, 6) is -0.227. The molecule has 2 rings (SSSR count). The van der Waals surface area contributed by atoms with Crippen LogP contribution in [0.3, 0.4) is 0 Å². The number of aliphatic imine (C=N–C) groups is 1. The molecule has 0 aromatic carbocycles. The lowest BCUT2D eigenvalue weighted by Gasteiger charge is -2.32. The lowest BCUT2D eigenvalue weighted by Crippen LogP contribution is -2.51. The van der Waals surface area contributed by atoms with E-state index in [4.69, 9.17) is 0 Å². The van der Waals surface area contributed by atoms with Gasteiger partial charge in [0.2, 0.25) is 11.9 Å². The van der Waals surface area contributed by atoms with Crippen molar-refractivity contribution in [2.45, 2.75) is 25.7 Å². The van der Waals surface area contributed by atoms with Crippen LogP contribution in [0.2, 0.25) is 0 Å². The first-order chi connectivity index (χ1) is 8.70. The normalized spacial score (nSPS) is 24.3. The molecule has 0 bridgehead atoms. The van der Waals surface area contributed by atoms with Crippen molar-refractivity contribution in [3.05, 3.63) is 0 Å². The second kappa shape index (κ2) is 5.84. The van der Waals surface area contributed by atoms with E-state index in [1.165, 1.54) is 13.5 Å². The zero-order valence-electron chi connectivity index (χ0n) is 10.6. The van der Waals surface area contributed by atoms with E-state index >= 15 is 0 Å². The number of hydrogen-bond acceptors (Lipinski definition) is 5. The SMILES string of the molecule is COC(=O)C[C@@H]1CN=C(N2CCCCC2)NC1=O. The minimum Gasteiger partial charge on any atom is -0.469 e. The standard InChI is InChI=1S/C12H19N3O3/c1-18-10(16)7-9-8-13-12(14-11(9)17)15-5-3-2-4-6-15/h9H,2-8H2,1H3,(H,13,14,17)/t9-/m1/s1. The molecule has 6 nitrogen and oxygen atoms in total. The zero-order chi connectivity index (χ0) is 13.0. The fourth-order valence-corrected chi connectivity index (χ4v) is 2.26. The summed E-state index contributed by atoms with van der Waals surface area (Å²) in [4.78, 5) is 29.5. The van der Waals surface area contributed by atoms with Crippen molar-refractivity contribution in [2.75, 3.05) is 26.7 Å². The molecule has 0 spiro atoms. The summed E-state index contributed by atoms with van der Waals surface area (Å²) >= 11 is 0. The van der Waals surface area contributed by atoms with Gasteiger partial charge in [-0.15, -0.1) is 0 Å². The number of nitrogens with zero attached hydrogens (tertiary/aromatic N) is 2. The highest BCUT2D eigenvalue weighted by Crippen LogP contribution is 2.14. The third-order valence-corrected chi connectivity index (χ3v) is 3.36. The van der Waals surface area contributed by atoms with Crippen LogP contribution in [-0.2, 0) is 14.3 Å². The van der Waals surface area contributed by atoms with Gasteiger partial charge in [0.15, 0.2) is 0 Å². The average Bonchev–Trinajstić information content (AvgIpc) is 2.42. The first-order valence-electron chi connectivity index (χ1n) is 6.38. The summed E-state index contributed by atoms with van der Waals surface area (Å²) in [7, 11) is 1.32. The molecule has 2 aliphatic rings. The van der Waals surface area contributed by atoms with Crippen LogP contribution in [0.4, 0.5) is 0 Å². The Labute approximate surface area is 106 Å². The molecule has 0 unspecified atom stereocenters. The molecule has 0 aromatic heterocycles. The van der Waals surface area contributed by atoms with E-state index in [0.29, 0.717) is 12.5 Å². The Morgan fingerprint density at radius 1 is 1.44 bits per heavy atom. The van der Waals surface area contributed by atoms with Crippen LogP contribution in [0.5, 0.6) is 0 Å². The molecule has 0 aliphatic carbocycles. The van der Waals surface area contributed by atoms with Crippen LogP contribution in [-0.4, -0.2) is 49.5 Å². The maximum Gasteiger partial charge on any atom is 0.306 e. The molecule has 18 heavy (non-hydrogen) atoms. The van der Waals surface area contributed by atoms with Crippen molar-refractivity contribution in [1.29, 1.82) is 0 Å². The van der Waals surface area contributed by atoms with Crippen LogP contribution >= 0.6 is 0 Å². The van der Waals surface area contributed by atoms with Crippen molar-refractivity contribution < 1.29 is 14.3 Å². The Morgan fingerprint density at radius 3 is 2.78 bits per heavy atom. The fraction of sp³-hybridized carbons (Fsp3) is 0.750. The van der Waals surface area contributed by atoms with E-state index < -0.39 is 5.92 Å². The number of carbonyl (C=O) groups is 2. The largest absolute Gasteiger partial charge is 0.469 e. The molecule has 0 aromatic rings. The molecule has 2 aliphatic heterocycles. The summed E-state index contributed by atoms with van der Waals surface area (Å²) < 4.78 is 4.57. The van der Waals surface area contributed by atoms with Gasteiger partial charge in [-0.2, -0.15) is 0 Å². The molecule has 0 radical (unpaired) electrons. The predicted octanol–water partition coefficient (Wildman–Crippen LogP) is 0.137. The monoisotopic (exact) mass is 253 g/mol. The van der Waals surface area contributed by atoms with Crippen LogP contribution in [0.15, 0.2) is 4.99 Å². The summed E-state index contributed by atoms with van der Waals surface area (Å²) in [5, 5.41) is 2.79. The Kier molecular flexibility index (Phi) is 4.17. The number of rotatable bonds is 2. The van der Waals surface area contributed by atoms with Crippen LogP contribution in [0, 0.1) is 5.92 Å². The highest BCUT2D eigenvalue weighted by atomic mass is 16.5. The number of hydrogen-bond donors (Lipinski definition) is 1. The predicted molar refractivity (Wildman–Crippen MR) is 66.0 cm³/mol.